The fourth-order valence-corrected chi connectivity index (χ4v) is 1.64. The van der Waals surface area contributed by atoms with E-state index in [1.165, 1.54) is 11.0 Å². The fourth-order valence-electron chi connectivity index (χ4n) is 1.64. The topological polar surface area (TPSA) is 75.7 Å². The van der Waals surface area contributed by atoms with E-state index in [0.29, 0.717) is 6.41 Å². The predicted octanol–water partition coefficient (Wildman–Crippen LogP) is 0.725. The molecule has 1 atom stereocenters. The molecule has 0 heterocycles. The molecule has 0 saturated heterocycles. The summed E-state index contributed by atoms with van der Waals surface area (Å²) in [6.45, 7) is 9.12. The second kappa shape index (κ2) is 8.35. The lowest BCUT2D eigenvalue weighted by Gasteiger charge is -2.32. The van der Waals surface area contributed by atoms with E-state index in [0.717, 1.165) is 0 Å². The number of nitrogens with zero attached hydrogens (tertiary/aromatic N) is 1. The molecular weight excluding hydrogens is 260 g/mol. The largest absolute Gasteiger partial charge is 0.461 e. The first-order valence-corrected chi connectivity index (χ1v) is 6.47. The standard InChI is InChI=1S/C14H24N2O4/c1-6-7-20-12(18)8-11(2)16(5)13(19)14(3,4)9-15-10-17/h6,10-11H,1,7-9H2,2-5H3,(H,15,17)/t11-/m1/s1. The maximum atomic E-state index is 12.3. The van der Waals surface area contributed by atoms with Crippen molar-refractivity contribution >= 4 is 18.3 Å². The molecule has 0 aliphatic rings. The van der Waals surface area contributed by atoms with Gasteiger partial charge in [-0.15, -0.1) is 0 Å². The molecule has 20 heavy (non-hydrogen) atoms. The van der Waals surface area contributed by atoms with Crippen LogP contribution >= 0.6 is 0 Å². The smallest absolute Gasteiger partial charge is 0.308 e. The van der Waals surface area contributed by atoms with Crippen LogP contribution in [0.4, 0.5) is 0 Å². The number of esters is 1. The Labute approximate surface area is 120 Å². The van der Waals surface area contributed by atoms with Crippen molar-refractivity contribution in [2.45, 2.75) is 33.2 Å². The molecule has 0 spiro atoms. The average Bonchev–Trinajstić information content (AvgIpc) is 2.41. The Hall–Kier alpha value is -1.85. The molecule has 114 valence electrons. The van der Waals surface area contributed by atoms with Crippen LogP contribution in [-0.2, 0) is 19.1 Å². The Morgan fingerprint density at radius 2 is 2.05 bits per heavy atom. The summed E-state index contributed by atoms with van der Waals surface area (Å²) in [5.74, 6) is -0.517. The first-order chi connectivity index (χ1) is 9.26. The summed E-state index contributed by atoms with van der Waals surface area (Å²) in [5.41, 5.74) is -0.727. The zero-order chi connectivity index (χ0) is 15.8. The highest BCUT2D eigenvalue weighted by molar-refractivity contribution is 5.83. The Morgan fingerprint density at radius 3 is 2.55 bits per heavy atom. The lowest BCUT2D eigenvalue weighted by molar-refractivity contribution is -0.146. The number of rotatable bonds is 9. The van der Waals surface area contributed by atoms with Crippen LogP contribution in [0, 0.1) is 5.41 Å². The molecule has 0 aromatic carbocycles. The van der Waals surface area contributed by atoms with E-state index in [-0.39, 0.29) is 37.5 Å². The van der Waals surface area contributed by atoms with E-state index >= 15 is 0 Å². The van der Waals surface area contributed by atoms with Crippen LogP contribution in [0.25, 0.3) is 0 Å². The second-order valence-electron chi connectivity index (χ2n) is 5.32. The summed E-state index contributed by atoms with van der Waals surface area (Å²) in [4.78, 5) is 35.6. The van der Waals surface area contributed by atoms with E-state index in [1.54, 1.807) is 27.8 Å². The molecule has 0 saturated carbocycles. The molecule has 0 fully saturated rings. The zero-order valence-electron chi connectivity index (χ0n) is 12.6. The molecule has 0 rings (SSSR count). The minimum Gasteiger partial charge on any atom is -0.461 e. The highest BCUT2D eigenvalue weighted by Crippen LogP contribution is 2.19. The number of ether oxygens (including phenoxy) is 1. The number of hydrogen-bond acceptors (Lipinski definition) is 4. The summed E-state index contributed by atoms with van der Waals surface area (Å²) in [6, 6.07) is -0.282. The third-order valence-corrected chi connectivity index (χ3v) is 3.01. The number of carbonyl (C=O) groups is 3. The molecule has 6 heteroatoms. The van der Waals surface area contributed by atoms with Crippen molar-refractivity contribution in [3.8, 4) is 0 Å². The van der Waals surface area contributed by atoms with Crippen molar-refractivity contribution in [2.75, 3.05) is 20.2 Å². The van der Waals surface area contributed by atoms with Gasteiger partial charge in [0.05, 0.1) is 11.8 Å². The maximum absolute atomic E-state index is 12.3. The van der Waals surface area contributed by atoms with Crippen LogP contribution in [0.1, 0.15) is 27.2 Å². The Balaban J connectivity index is 4.51. The van der Waals surface area contributed by atoms with Gasteiger partial charge in [-0.05, 0) is 20.8 Å². The summed E-state index contributed by atoms with van der Waals surface area (Å²) in [6.07, 6.45) is 2.17. The quantitative estimate of drug-likeness (QED) is 0.385. The van der Waals surface area contributed by atoms with Gasteiger partial charge in [0, 0.05) is 19.6 Å². The van der Waals surface area contributed by atoms with Crippen LogP contribution in [-0.4, -0.2) is 49.4 Å². The van der Waals surface area contributed by atoms with Crippen molar-refractivity contribution in [3.63, 3.8) is 0 Å². The van der Waals surface area contributed by atoms with Gasteiger partial charge < -0.3 is 15.0 Å². The Kier molecular flexibility index (Phi) is 7.57. The van der Waals surface area contributed by atoms with Gasteiger partial charge in [-0.3, -0.25) is 14.4 Å². The Morgan fingerprint density at radius 1 is 1.45 bits per heavy atom. The molecule has 0 aliphatic carbocycles. The molecule has 2 amide bonds. The first kappa shape index (κ1) is 18.1. The second-order valence-corrected chi connectivity index (χ2v) is 5.32. The van der Waals surface area contributed by atoms with Crippen molar-refractivity contribution in [3.05, 3.63) is 12.7 Å². The minimum absolute atomic E-state index is 0.118. The monoisotopic (exact) mass is 284 g/mol. The number of hydrogen-bond donors (Lipinski definition) is 1. The van der Waals surface area contributed by atoms with Crippen LogP contribution in [0.3, 0.4) is 0 Å². The maximum Gasteiger partial charge on any atom is 0.308 e. The molecule has 0 aromatic heterocycles. The van der Waals surface area contributed by atoms with Gasteiger partial charge >= 0.3 is 5.97 Å². The van der Waals surface area contributed by atoms with Gasteiger partial charge in [-0.1, -0.05) is 12.7 Å². The highest BCUT2D eigenvalue weighted by atomic mass is 16.5. The molecule has 1 N–H and O–H groups in total. The van der Waals surface area contributed by atoms with Gasteiger partial charge in [-0.25, -0.2) is 0 Å². The normalized spacial score (nSPS) is 12.2. The minimum atomic E-state index is -0.727. The summed E-state index contributed by atoms with van der Waals surface area (Å²) < 4.78 is 4.89. The lowest BCUT2D eigenvalue weighted by atomic mass is 9.91. The van der Waals surface area contributed by atoms with Gasteiger partial charge in [0.15, 0.2) is 0 Å². The molecule has 0 unspecified atom stereocenters. The van der Waals surface area contributed by atoms with Gasteiger partial charge in [0.2, 0.25) is 12.3 Å². The van der Waals surface area contributed by atoms with Crippen LogP contribution in [0.5, 0.6) is 0 Å². The SMILES string of the molecule is C=CCOC(=O)C[C@@H](C)N(C)C(=O)C(C)(C)CNC=O. The van der Waals surface area contributed by atoms with Crippen LogP contribution in [0.15, 0.2) is 12.7 Å². The molecule has 0 bridgehead atoms. The summed E-state index contributed by atoms with van der Waals surface area (Å²) >= 11 is 0. The van der Waals surface area contributed by atoms with E-state index in [9.17, 15) is 14.4 Å². The highest BCUT2D eigenvalue weighted by Gasteiger charge is 2.32. The number of carbonyl (C=O) groups excluding carboxylic acids is 3. The van der Waals surface area contributed by atoms with Crippen molar-refractivity contribution in [1.29, 1.82) is 0 Å². The van der Waals surface area contributed by atoms with Crippen molar-refractivity contribution in [1.82, 2.24) is 10.2 Å². The van der Waals surface area contributed by atoms with E-state index in [4.69, 9.17) is 4.74 Å². The Bertz CT molecular complexity index is 366. The third-order valence-electron chi connectivity index (χ3n) is 3.01. The zero-order valence-corrected chi connectivity index (χ0v) is 12.6. The van der Waals surface area contributed by atoms with Crippen molar-refractivity contribution in [2.24, 2.45) is 5.41 Å². The average molecular weight is 284 g/mol. The van der Waals surface area contributed by atoms with E-state index in [2.05, 4.69) is 11.9 Å². The molecule has 0 aliphatic heterocycles. The molecule has 0 aromatic rings. The molecule has 6 nitrogen and oxygen atoms in total. The summed E-state index contributed by atoms with van der Waals surface area (Å²) in [5, 5.41) is 2.50. The predicted molar refractivity (Wildman–Crippen MR) is 75.9 cm³/mol. The van der Waals surface area contributed by atoms with E-state index < -0.39 is 5.41 Å². The first-order valence-electron chi connectivity index (χ1n) is 6.47. The van der Waals surface area contributed by atoms with Crippen LogP contribution in [0.2, 0.25) is 0 Å². The molecule has 0 radical (unpaired) electrons. The van der Waals surface area contributed by atoms with Gasteiger partial charge in [-0.2, -0.15) is 0 Å². The van der Waals surface area contributed by atoms with Gasteiger partial charge in [0.1, 0.15) is 6.61 Å². The lowest BCUT2D eigenvalue weighted by Crippen LogP contribution is -2.47. The third kappa shape index (κ3) is 5.86. The fraction of sp³-hybridized carbons (Fsp3) is 0.643. The summed E-state index contributed by atoms with van der Waals surface area (Å²) in [7, 11) is 1.64. The number of nitrogens with one attached hydrogen (secondary N) is 1. The van der Waals surface area contributed by atoms with E-state index in [1.807, 2.05) is 0 Å². The van der Waals surface area contributed by atoms with Crippen molar-refractivity contribution < 1.29 is 19.1 Å². The van der Waals surface area contributed by atoms with Crippen LogP contribution < -0.4 is 5.32 Å². The number of amides is 2. The molecular formula is C14H24N2O4. The van der Waals surface area contributed by atoms with Gasteiger partial charge in [0.25, 0.3) is 0 Å².